The summed E-state index contributed by atoms with van der Waals surface area (Å²) in [6.45, 7) is 2.00. The summed E-state index contributed by atoms with van der Waals surface area (Å²) in [5.74, 6) is 1.37. The molecule has 0 heterocycles. The standard InChI is InChI=1S/C22H22N2O2/c1-16-15-17(9-14-21(16)24(2)3)22(25)23-18-10-12-20(13-11-18)26-19-7-5-4-6-8-19/h4-15H,1-3H3,(H,23,25). The summed E-state index contributed by atoms with van der Waals surface area (Å²) in [5, 5.41) is 2.92. The van der Waals surface area contributed by atoms with E-state index in [0.717, 1.165) is 28.4 Å². The molecule has 0 bridgehead atoms. The predicted octanol–water partition coefficient (Wildman–Crippen LogP) is 5.11. The number of anilines is 2. The molecule has 0 radical (unpaired) electrons. The lowest BCUT2D eigenvalue weighted by atomic mass is 10.1. The number of rotatable bonds is 5. The van der Waals surface area contributed by atoms with E-state index in [-0.39, 0.29) is 5.91 Å². The van der Waals surface area contributed by atoms with Gasteiger partial charge < -0.3 is 15.0 Å². The lowest BCUT2D eigenvalue weighted by Crippen LogP contribution is -2.14. The highest BCUT2D eigenvalue weighted by molar-refractivity contribution is 6.04. The van der Waals surface area contributed by atoms with Crippen LogP contribution < -0.4 is 15.0 Å². The number of ether oxygens (including phenoxy) is 1. The molecule has 4 nitrogen and oxygen atoms in total. The van der Waals surface area contributed by atoms with E-state index < -0.39 is 0 Å². The Kier molecular flexibility index (Phi) is 5.23. The molecular formula is C22H22N2O2. The van der Waals surface area contributed by atoms with Crippen LogP contribution in [0.2, 0.25) is 0 Å². The molecule has 3 aromatic carbocycles. The zero-order chi connectivity index (χ0) is 18.5. The van der Waals surface area contributed by atoms with Gasteiger partial charge in [-0.3, -0.25) is 4.79 Å². The molecule has 1 N–H and O–H groups in total. The number of nitrogens with zero attached hydrogens (tertiary/aromatic N) is 1. The van der Waals surface area contributed by atoms with Gasteiger partial charge in [-0.05, 0) is 67.1 Å². The molecule has 0 spiro atoms. The lowest BCUT2D eigenvalue weighted by molar-refractivity contribution is 0.102. The van der Waals surface area contributed by atoms with Gasteiger partial charge in [0.15, 0.2) is 0 Å². The van der Waals surface area contributed by atoms with Crippen molar-refractivity contribution >= 4 is 17.3 Å². The van der Waals surface area contributed by atoms with Crippen LogP contribution in [0, 0.1) is 6.92 Å². The first-order valence-electron chi connectivity index (χ1n) is 8.45. The van der Waals surface area contributed by atoms with Crippen molar-refractivity contribution in [3.8, 4) is 11.5 Å². The largest absolute Gasteiger partial charge is 0.457 e. The molecule has 0 saturated heterocycles. The van der Waals surface area contributed by atoms with Gasteiger partial charge in [-0.2, -0.15) is 0 Å². The maximum atomic E-state index is 12.5. The van der Waals surface area contributed by atoms with Gasteiger partial charge >= 0.3 is 0 Å². The third kappa shape index (κ3) is 4.22. The fraction of sp³-hybridized carbons (Fsp3) is 0.136. The van der Waals surface area contributed by atoms with Crippen LogP contribution in [-0.2, 0) is 0 Å². The highest BCUT2D eigenvalue weighted by atomic mass is 16.5. The Labute approximate surface area is 154 Å². The molecule has 0 aliphatic carbocycles. The summed E-state index contributed by atoms with van der Waals surface area (Å²) < 4.78 is 5.76. The van der Waals surface area contributed by atoms with Crippen molar-refractivity contribution in [1.29, 1.82) is 0 Å². The molecule has 3 rings (SSSR count). The quantitative estimate of drug-likeness (QED) is 0.698. The van der Waals surface area contributed by atoms with Crippen LogP contribution in [0.5, 0.6) is 11.5 Å². The van der Waals surface area contributed by atoms with E-state index in [1.807, 2.05) is 98.7 Å². The van der Waals surface area contributed by atoms with Gasteiger partial charge in [0.2, 0.25) is 0 Å². The van der Waals surface area contributed by atoms with Crippen LogP contribution >= 0.6 is 0 Å². The molecule has 0 saturated carbocycles. The SMILES string of the molecule is Cc1cc(C(=O)Nc2ccc(Oc3ccccc3)cc2)ccc1N(C)C. The Bertz CT molecular complexity index is 888. The van der Waals surface area contributed by atoms with Crippen molar-refractivity contribution in [1.82, 2.24) is 0 Å². The van der Waals surface area contributed by atoms with E-state index in [1.165, 1.54) is 0 Å². The molecule has 0 atom stereocenters. The van der Waals surface area contributed by atoms with Gasteiger partial charge in [-0.25, -0.2) is 0 Å². The molecule has 1 amide bonds. The first-order chi connectivity index (χ1) is 12.5. The van der Waals surface area contributed by atoms with Gasteiger partial charge in [-0.1, -0.05) is 18.2 Å². The molecule has 4 heteroatoms. The molecule has 132 valence electrons. The molecule has 0 aliphatic heterocycles. The van der Waals surface area contributed by atoms with Crippen LogP contribution in [0.15, 0.2) is 72.8 Å². The second-order valence-corrected chi connectivity index (χ2v) is 6.29. The zero-order valence-electron chi connectivity index (χ0n) is 15.2. The second-order valence-electron chi connectivity index (χ2n) is 6.29. The average molecular weight is 346 g/mol. The first kappa shape index (κ1) is 17.5. The number of benzene rings is 3. The summed E-state index contributed by atoms with van der Waals surface area (Å²) in [6.07, 6.45) is 0. The monoisotopic (exact) mass is 346 g/mol. The summed E-state index contributed by atoms with van der Waals surface area (Å²) >= 11 is 0. The van der Waals surface area contributed by atoms with E-state index >= 15 is 0 Å². The van der Waals surface area contributed by atoms with Crippen molar-refractivity contribution < 1.29 is 9.53 Å². The van der Waals surface area contributed by atoms with Crippen LogP contribution in [0.1, 0.15) is 15.9 Å². The number of carbonyl (C=O) groups is 1. The van der Waals surface area contributed by atoms with Gasteiger partial charge in [0, 0.05) is 31.0 Å². The molecule has 0 fully saturated rings. The third-order valence-electron chi connectivity index (χ3n) is 4.03. The maximum Gasteiger partial charge on any atom is 0.255 e. The summed E-state index contributed by atoms with van der Waals surface area (Å²) in [7, 11) is 3.97. The van der Waals surface area contributed by atoms with E-state index in [0.29, 0.717) is 5.56 Å². The highest BCUT2D eigenvalue weighted by Crippen LogP contribution is 2.23. The molecule has 0 unspecified atom stereocenters. The molecule has 3 aromatic rings. The Morgan fingerprint density at radius 2 is 1.54 bits per heavy atom. The van der Waals surface area contributed by atoms with Gasteiger partial charge in [0.05, 0.1) is 0 Å². The summed E-state index contributed by atoms with van der Waals surface area (Å²) in [5.41, 5.74) is 3.53. The number of hydrogen-bond acceptors (Lipinski definition) is 3. The van der Waals surface area contributed by atoms with Gasteiger partial charge in [0.1, 0.15) is 11.5 Å². The normalized spacial score (nSPS) is 10.3. The zero-order valence-corrected chi connectivity index (χ0v) is 15.2. The van der Waals surface area contributed by atoms with Crippen molar-refractivity contribution in [2.24, 2.45) is 0 Å². The Morgan fingerprint density at radius 3 is 2.15 bits per heavy atom. The van der Waals surface area contributed by atoms with Crippen molar-refractivity contribution in [2.45, 2.75) is 6.92 Å². The number of nitrogens with one attached hydrogen (secondary N) is 1. The van der Waals surface area contributed by atoms with Crippen LogP contribution in [0.4, 0.5) is 11.4 Å². The van der Waals surface area contributed by atoms with Gasteiger partial charge in [0.25, 0.3) is 5.91 Å². The molecular weight excluding hydrogens is 324 g/mol. The fourth-order valence-corrected chi connectivity index (χ4v) is 2.73. The number of amides is 1. The highest BCUT2D eigenvalue weighted by Gasteiger charge is 2.09. The fourth-order valence-electron chi connectivity index (χ4n) is 2.73. The minimum atomic E-state index is -0.130. The Balaban J connectivity index is 1.67. The van der Waals surface area contributed by atoms with Crippen molar-refractivity contribution in [3.05, 3.63) is 83.9 Å². The minimum absolute atomic E-state index is 0.130. The number of aryl methyl sites for hydroxylation is 1. The Morgan fingerprint density at radius 1 is 0.885 bits per heavy atom. The molecule has 26 heavy (non-hydrogen) atoms. The van der Waals surface area contributed by atoms with Crippen LogP contribution in [0.3, 0.4) is 0 Å². The third-order valence-corrected chi connectivity index (χ3v) is 4.03. The van der Waals surface area contributed by atoms with Crippen LogP contribution in [0.25, 0.3) is 0 Å². The smallest absolute Gasteiger partial charge is 0.255 e. The van der Waals surface area contributed by atoms with Crippen molar-refractivity contribution in [2.75, 3.05) is 24.3 Å². The summed E-state index contributed by atoms with van der Waals surface area (Å²) in [6, 6.07) is 22.6. The maximum absolute atomic E-state index is 12.5. The topological polar surface area (TPSA) is 41.6 Å². The van der Waals surface area contributed by atoms with Crippen LogP contribution in [-0.4, -0.2) is 20.0 Å². The van der Waals surface area contributed by atoms with E-state index in [2.05, 4.69) is 5.32 Å². The second kappa shape index (κ2) is 7.74. The molecule has 0 aromatic heterocycles. The first-order valence-corrected chi connectivity index (χ1v) is 8.45. The minimum Gasteiger partial charge on any atom is -0.457 e. The van der Waals surface area contributed by atoms with Crippen molar-refractivity contribution in [3.63, 3.8) is 0 Å². The Hall–Kier alpha value is -3.27. The molecule has 0 aliphatic rings. The number of carbonyl (C=O) groups excluding carboxylic acids is 1. The predicted molar refractivity (Wildman–Crippen MR) is 106 cm³/mol. The number of hydrogen-bond donors (Lipinski definition) is 1. The average Bonchev–Trinajstić information content (AvgIpc) is 2.64. The summed E-state index contributed by atoms with van der Waals surface area (Å²) in [4.78, 5) is 14.5. The van der Waals surface area contributed by atoms with E-state index in [9.17, 15) is 4.79 Å². The lowest BCUT2D eigenvalue weighted by Gasteiger charge is -2.16. The van der Waals surface area contributed by atoms with E-state index in [1.54, 1.807) is 0 Å². The van der Waals surface area contributed by atoms with Gasteiger partial charge in [-0.15, -0.1) is 0 Å². The van der Waals surface area contributed by atoms with E-state index in [4.69, 9.17) is 4.74 Å². The number of para-hydroxylation sites is 1.